The number of cyclic esters (lactones) is 1. The van der Waals surface area contributed by atoms with Crippen LogP contribution >= 0.6 is 0 Å². The number of nitrogens with one attached hydrogen (secondary N) is 2. The van der Waals surface area contributed by atoms with Gasteiger partial charge in [0.2, 0.25) is 11.9 Å². The summed E-state index contributed by atoms with van der Waals surface area (Å²) in [6.07, 6.45) is 2.50. The maximum atomic E-state index is 14.8. The van der Waals surface area contributed by atoms with Crippen LogP contribution in [0.15, 0.2) is 30.6 Å². The van der Waals surface area contributed by atoms with E-state index < -0.39 is 12.2 Å². The van der Waals surface area contributed by atoms with E-state index >= 15 is 0 Å². The van der Waals surface area contributed by atoms with E-state index in [0.717, 1.165) is 19.0 Å². The number of aromatic amines is 1. The van der Waals surface area contributed by atoms with Crippen LogP contribution in [0.5, 0.6) is 0 Å². The molecule has 1 aromatic heterocycles. The van der Waals surface area contributed by atoms with Gasteiger partial charge in [-0.1, -0.05) is 0 Å². The quantitative estimate of drug-likeness (QED) is 0.784. The number of carbonyl (C=O) groups excluding carboxylic acids is 2. The van der Waals surface area contributed by atoms with Crippen molar-refractivity contribution in [3.63, 3.8) is 0 Å². The molecule has 0 aliphatic carbocycles. The van der Waals surface area contributed by atoms with Crippen molar-refractivity contribution in [1.29, 1.82) is 0 Å². The lowest BCUT2D eigenvalue weighted by atomic mass is 10.2. The first-order chi connectivity index (χ1) is 14.0. The van der Waals surface area contributed by atoms with E-state index in [-0.39, 0.29) is 24.8 Å². The largest absolute Gasteiger partial charge is 0.442 e. The van der Waals surface area contributed by atoms with Gasteiger partial charge in [-0.3, -0.25) is 9.69 Å². The number of anilines is 3. The maximum absolute atomic E-state index is 14.8. The lowest BCUT2D eigenvalue weighted by Gasteiger charge is -2.36. The Balaban J connectivity index is 1.39. The number of carbonyl (C=O) groups is 2. The van der Waals surface area contributed by atoms with Crippen LogP contribution in [0.25, 0.3) is 0 Å². The second-order valence-electron chi connectivity index (χ2n) is 7.08. The smallest absolute Gasteiger partial charge is 0.414 e. The van der Waals surface area contributed by atoms with Gasteiger partial charge in [0.1, 0.15) is 11.9 Å². The van der Waals surface area contributed by atoms with Crippen LogP contribution in [0, 0.1) is 5.82 Å². The molecule has 0 saturated carbocycles. The van der Waals surface area contributed by atoms with Gasteiger partial charge < -0.3 is 24.8 Å². The van der Waals surface area contributed by atoms with Crippen LogP contribution in [0.1, 0.15) is 6.92 Å². The Hall–Kier alpha value is -3.30. The molecule has 2 saturated heterocycles. The molecular weight excluding hydrogens is 379 g/mol. The Labute approximate surface area is 167 Å². The molecule has 2 N–H and O–H groups in total. The number of hydrogen-bond donors (Lipinski definition) is 2. The molecule has 0 bridgehead atoms. The monoisotopic (exact) mass is 402 g/mol. The van der Waals surface area contributed by atoms with Crippen LogP contribution in [0.3, 0.4) is 0 Å². The molecule has 4 rings (SSSR count). The Morgan fingerprint density at radius 3 is 2.72 bits per heavy atom. The third kappa shape index (κ3) is 4.10. The van der Waals surface area contributed by atoms with Gasteiger partial charge >= 0.3 is 6.09 Å². The first-order valence-electron chi connectivity index (χ1n) is 9.52. The van der Waals surface area contributed by atoms with E-state index in [9.17, 15) is 14.0 Å². The summed E-state index contributed by atoms with van der Waals surface area (Å²) in [4.78, 5) is 36.0. The Morgan fingerprint density at radius 1 is 1.31 bits per heavy atom. The summed E-state index contributed by atoms with van der Waals surface area (Å²) in [5.74, 6) is 0.246. The van der Waals surface area contributed by atoms with Gasteiger partial charge in [-0.25, -0.2) is 14.2 Å². The van der Waals surface area contributed by atoms with Crippen molar-refractivity contribution in [2.24, 2.45) is 0 Å². The summed E-state index contributed by atoms with van der Waals surface area (Å²) in [6.45, 7) is 4.70. The summed E-state index contributed by atoms with van der Waals surface area (Å²) in [7, 11) is 0. The second kappa shape index (κ2) is 7.98. The molecule has 10 heteroatoms. The molecule has 3 heterocycles. The summed E-state index contributed by atoms with van der Waals surface area (Å²) < 4.78 is 20.1. The number of halogens is 1. The van der Waals surface area contributed by atoms with Crippen molar-refractivity contribution in [1.82, 2.24) is 15.3 Å². The maximum Gasteiger partial charge on any atom is 0.414 e. The van der Waals surface area contributed by atoms with Crippen LogP contribution in [-0.2, 0) is 9.53 Å². The van der Waals surface area contributed by atoms with E-state index in [1.807, 2.05) is 4.90 Å². The topological polar surface area (TPSA) is 93.8 Å². The van der Waals surface area contributed by atoms with Crippen LogP contribution in [0.2, 0.25) is 0 Å². The number of hydrogen-bond acceptors (Lipinski definition) is 6. The van der Waals surface area contributed by atoms with E-state index in [2.05, 4.69) is 20.2 Å². The van der Waals surface area contributed by atoms with E-state index in [1.54, 1.807) is 24.5 Å². The molecule has 9 nitrogen and oxygen atoms in total. The SMILES string of the molecule is CC(=O)NCC1CN(c2ccc(N3CCN(c4ncc[nH]4)CC3)c(F)c2)C(=O)O1. The molecule has 2 amide bonds. The van der Waals surface area contributed by atoms with Crippen molar-refractivity contribution in [2.75, 3.05) is 54.0 Å². The average Bonchev–Trinajstić information content (AvgIpc) is 3.36. The van der Waals surface area contributed by atoms with Crippen molar-refractivity contribution < 1.29 is 18.7 Å². The van der Waals surface area contributed by atoms with Gasteiger partial charge in [-0.05, 0) is 18.2 Å². The third-order valence-electron chi connectivity index (χ3n) is 5.10. The molecule has 1 aromatic carbocycles. The number of benzene rings is 1. The van der Waals surface area contributed by atoms with Gasteiger partial charge in [-0.2, -0.15) is 0 Å². The highest BCUT2D eigenvalue weighted by molar-refractivity contribution is 5.90. The lowest BCUT2D eigenvalue weighted by molar-refractivity contribution is -0.119. The molecule has 2 aliphatic heterocycles. The standard InChI is InChI=1S/C19H23FN6O3/c1-13(27)23-11-15-12-26(19(28)29-15)14-2-3-17(16(20)10-14)24-6-8-25(9-7-24)18-21-4-5-22-18/h2-5,10,15H,6-9,11-12H2,1H3,(H,21,22)(H,23,27). The minimum Gasteiger partial charge on any atom is -0.442 e. The number of H-pyrrole nitrogens is 1. The van der Waals surface area contributed by atoms with Crippen molar-refractivity contribution in [2.45, 2.75) is 13.0 Å². The Bertz CT molecular complexity index is 882. The fraction of sp³-hybridized carbons (Fsp3) is 0.421. The number of rotatable bonds is 5. The molecule has 2 fully saturated rings. The number of aromatic nitrogens is 2. The third-order valence-corrected chi connectivity index (χ3v) is 5.10. The fourth-order valence-corrected chi connectivity index (χ4v) is 3.61. The van der Waals surface area contributed by atoms with E-state index in [4.69, 9.17) is 4.74 Å². The Morgan fingerprint density at radius 2 is 2.07 bits per heavy atom. The van der Waals surface area contributed by atoms with Crippen molar-refractivity contribution >= 4 is 29.3 Å². The molecule has 1 atom stereocenters. The van der Waals surface area contributed by atoms with Crippen LogP contribution in [0.4, 0.5) is 26.5 Å². The first-order valence-corrected chi connectivity index (χ1v) is 9.52. The van der Waals surface area contributed by atoms with Crippen LogP contribution in [-0.4, -0.2) is 67.3 Å². The average molecular weight is 402 g/mol. The summed E-state index contributed by atoms with van der Waals surface area (Å²) in [6, 6.07) is 4.78. The zero-order valence-electron chi connectivity index (χ0n) is 16.1. The number of nitrogens with zero attached hydrogens (tertiary/aromatic N) is 4. The van der Waals surface area contributed by atoms with E-state index in [1.165, 1.54) is 17.9 Å². The molecular formula is C19H23FN6O3. The second-order valence-corrected chi connectivity index (χ2v) is 7.08. The molecule has 0 radical (unpaired) electrons. The number of ether oxygens (including phenoxy) is 1. The van der Waals surface area contributed by atoms with Gasteiger partial charge in [0.15, 0.2) is 0 Å². The molecule has 29 heavy (non-hydrogen) atoms. The highest BCUT2D eigenvalue weighted by Crippen LogP contribution is 2.28. The fourth-order valence-electron chi connectivity index (χ4n) is 3.61. The van der Waals surface area contributed by atoms with Crippen molar-refractivity contribution in [3.8, 4) is 0 Å². The predicted octanol–water partition coefficient (Wildman–Crippen LogP) is 1.34. The highest BCUT2D eigenvalue weighted by atomic mass is 19.1. The highest BCUT2D eigenvalue weighted by Gasteiger charge is 2.33. The zero-order chi connectivity index (χ0) is 20.4. The molecule has 2 aromatic rings. The summed E-state index contributed by atoms with van der Waals surface area (Å²) >= 11 is 0. The van der Waals surface area contributed by atoms with Gasteiger partial charge in [0, 0.05) is 45.5 Å². The molecule has 2 aliphatic rings. The molecule has 0 spiro atoms. The molecule has 1 unspecified atom stereocenters. The molecule has 154 valence electrons. The van der Waals surface area contributed by atoms with Crippen molar-refractivity contribution in [3.05, 3.63) is 36.4 Å². The lowest BCUT2D eigenvalue weighted by Crippen LogP contribution is -2.47. The minimum absolute atomic E-state index is 0.193. The Kier molecular flexibility index (Phi) is 5.24. The van der Waals surface area contributed by atoms with Gasteiger partial charge in [-0.15, -0.1) is 0 Å². The number of imidazole rings is 1. The predicted molar refractivity (Wildman–Crippen MR) is 106 cm³/mol. The normalized spacial score (nSPS) is 19.4. The zero-order valence-corrected chi connectivity index (χ0v) is 16.1. The first kappa shape index (κ1) is 19.0. The summed E-state index contributed by atoms with van der Waals surface area (Å²) in [5.41, 5.74) is 0.950. The number of amides is 2. The van der Waals surface area contributed by atoms with E-state index in [0.29, 0.717) is 24.5 Å². The van der Waals surface area contributed by atoms with Crippen LogP contribution < -0.4 is 20.0 Å². The minimum atomic E-state index is -0.542. The number of piperazine rings is 1. The summed E-state index contributed by atoms with van der Waals surface area (Å²) in [5, 5.41) is 2.62. The van der Waals surface area contributed by atoms with Gasteiger partial charge in [0.05, 0.1) is 24.5 Å². The van der Waals surface area contributed by atoms with Gasteiger partial charge in [0.25, 0.3) is 0 Å².